The van der Waals surface area contributed by atoms with E-state index in [9.17, 15) is 31.7 Å². The molecule has 0 aliphatic heterocycles. The molecule has 0 radical (unpaired) electrons. The van der Waals surface area contributed by atoms with Gasteiger partial charge in [0.2, 0.25) is 0 Å². The first-order valence-electron chi connectivity index (χ1n) is 7.13. The quantitative estimate of drug-likeness (QED) is 0.539. The average molecular weight is 409 g/mol. The van der Waals surface area contributed by atoms with E-state index in [1.807, 2.05) is 0 Å². The molecule has 26 heavy (non-hydrogen) atoms. The van der Waals surface area contributed by atoms with E-state index in [1.54, 1.807) is 0 Å². The lowest BCUT2D eigenvalue weighted by Gasteiger charge is -2.24. The SMILES string of the molecule is CCN(c1cc(C(F)(F)F)ccc1Cl)S(=O)(=O)c1ccccc1[N+](=O)[O-]. The van der Waals surface area contributed by atoms with Crippen molar-refractivity contribution >= 4 is 33.0 Å². The number of nitro benzene ring substituents is 1. The number of nitrogens with zero attached hydrogens (tertiary/aromatic N) is 2. The van der Waals surface area contributed by atoms with Crippen LogP contribution in [0.3, 0.4) is 0 Å². The standard InChI is InChI=1S/C15H12ClF3N2O4S/c1-2-20(13-9-10(15(17,18)19)7-8-11(13)16)26(24,25)14-6-4-3-5-12(14)21(22)23/h3-9H,2H2,1H3. The minimum absolute atomic E-state index is 0.234. The van der Waals surface area contributed by atoms with Crippen molar-refractivity contribution in [1.82, 2.24) is 0 Å². The molecule has 0 fully saturated rings. The number of anilines is 1. The van der Waals surface area contributed by atoms with E-state index in [2.05, 4.69) is 0 Å². The van der Waals surface area contributed by atoms with Gasteiger partial charge in [-0.05, 0) is 31.2 Å². The number of sulfonamides is 1. The molecule has 2 aromatic rings. The van der Waals surface area contributed by atoms with E-state index in [0.29, 0.717) is 10.4 Å². The molecule has 11 heteroatoms. The van der Waals surface area contributed by atoms with Crippen molar-refractivity contribution in [2.45, 2.75) is 18.0 Å². The molecule has 0 saturated heterocycles. The summed E-state index contributed by atoms with van der Waals surface area (Å²) < 4.78 is 65.2. The monoisotopic (exact) mass is 408 g/mol. The predicted octanol–water partition coefficient (Wildman–Crippen LogP) is 4.48. The fourth-order valence-electron chi connectivity index (χ4n) is 2.29. The Labute approximate surface area is 152 Å². The van der Waals surface area contributed by atoms with Gasteiger partial charge in [-0.25, -0.2) is 8.42 Å². The lowest BCUT2D eigenvalue weighted by atomic mass is 10.2. The van der Waals surface area contributed by atoms with Crippen LogP contribution in [0, 0.1) is 10.1 Å². The third-order valence-corrected chi connectivity index (χ3v) is 5.72. The molecule has 2 rings (SSSR count). The van der Waals surface area contributed by atoms with Gasteiger partial charge in [0, 0.05) is 12.6 Å². The van der Waals surface area contributed by atoms with Crippen molar-refractivity contribution in [3.63, 3.8) is 0 Å². The van der Waals surface area contributed by atoms with Gasteiger partial charge in [-0.1, -0.05) is 23.7 Å². The fraction of sp³-hybridized carbons (Fsp3) is 0.200. The molecule has 0 heterocycles. The van der Waals surface area contributed by atoms with Crippen LogP contribution in [0.25, 0.3) is 0 Å². The van der Waals surface area contributed by atoms with Crippen molar-refractivity contribution in [1.29, 1.82) is 0 Å². The van der Waals surface area contributed by atoms with Gasteiger partial charge < -0.3 is 0 Å². The summed E-state index contributed by atoms with van der Waals surface area (Å²) in [5, 5.41) is 10.9. The number of halogens is 4. The summed E-state index contributed by atoms with van der Waals surface area (Å²) in [7, 11) is -4.52. The zero-order valence-corrected chi connectivity index (χ0v) is 14.8. The van der Waals surface area contributed by atoms with Crippen molar-refractivity contribution in [2.75, 3.05) is 10.8 Å². The Morgan fingerprint density at radius 1 is 1.19 bits per heavy atom. The van der Waals surface area contributed by atoms with Crippen LogP contribution in [0.5, 0.6) is 0 Å². The van der Waals surface area contributed by atoms with Gasteiger partial charge in [0.1, 0.15) is 0 Å². The van der Waals surface area contributed by atoms with E-state index in [1.165, 1.54) is 19.1 Å². The van der Waals surface area contributed by atoms with Crippen LogP contribution in [0.2, 0.25) is 5.02 Å². The smallest absolute Gasteiger partial charge is 0.265 e. The molecule has 0 aliphatic carbocycles. The zero-order chi connectivity index (χ0) is 19.7. The Bertz CT molecular complexity index is 948. The molecule has 0 bridgehead atoms. The highest BCUT2D eigenvalue weighted by Crippen LogP contribution is 2.38. The molecule has 0 amide bonds. The summed E-state index contributed by atoms with van der Waals surface area (Å²) in [6.45, 7) is 1.10. The molecule has 0 unspecified atom stereocenters. The van der Waals surface area contributed by atoms with Gasteiger partial charge in [0.05, 0.1) is 21.2 Å². The summed E-state index contributed by atoms with van der Waals surface area (Å²) in [6, 6.07) is 6.81. The fourth-order valence-corrected chi connectivity index (χ4v) is 4.21. The van der Waals surface area contributed by atoms with Crippen LogP contribution >= 0.6 is 11.6 Å². The maximum absolute atomic E-state index is 13.0. The van der Waals surface area contributed by atoms with E-state index in [4.69, 9.17) is 11.6 Å². The number of alkyl halides is 3. The lowest BCUT2D eigenvalue weighted by molar-refractivity contribution is -0.387. The van der Waals surface area contributed by atoms with Gasteiger partial charge >= 0.3 is 6.18 Å². The first-order valence-corrected chi connectivity index (χ1v) is 8.95. The minimum atomic E-state index is -4.71. The molecule has 0 aromatic heterocycles. The Kier molecular flexibility index (Phi) is 5.47. The number of benzene rings is 2. The second kappa shape index (κ2) is 7.12. The normalized spacial score (nSPS) is 12.0. The highest BCUT2D eigenvalue weighted by Gasteiger charge is 2.35. The molecule has 0 N–H and O–H groups in total. The Morgan fingerprint density at radius 2 is 1.81 bits per heavy atom. The third-order valence-electron chi connectivity index (χ3n) is 3.46. The van der Waals surface area contributed by atoms with E-state index in [-0.39, 0.29) is 11.6 Å². The largest absolute Gasteiger partial charge is 0.416 e. The number of nitro groups is 1. The Hall–Kier alpha value is -2.33. The number of para-hydroxylation sites is 1. The summed E-state index contributed by atoms with van der Waals surface area (Å²) in [5.74, 6) is 0. The van der Waals surface area contributed by atoms with Gasteiger partial charge in [0.25, 0.3) is 15.7 Å². The number of hydrogen-bond donors (Lipinski definition) is 0. The third kappa shape index (κ3) is 3.75. The average Bonchev–Trinajstić information content (AvgIpc) is 2.56. The highest BCUT2D eigenvalue weighted by molar-refractivity contribution is 7.93. The maximum Gasteiger partial charge on any atom is 0.416 e. The summed E-state index contributed by atoms with van der Waals surface area (Å²) in [6.07, 6.45) is -4.71. The second-order valence-corrected chi connectivity index (χ2v) is 7.30. The van der Waals surface area contributed by atoms with Crippen molar-refractivity contribution in [3.8, 4) is 0 Å². The van der Waals surface area contributed by atoms with Gasteiger partial charge in [-0.15, -0.1) is 0 Å². The van der Waals surface area contributed by atoms with E-state index in [0.717, 1.165) is 24.3 Å². The lowest BCUT2D eigenvalue weighted by Crippen LogP contribution is -2.31. The van der Waals surface area contributed by atoms with Crippen LogP contribution in [0.1, 0.15) is 12.5 Å². The summed E-state index contributed by atoms with van der Waals surface area (Å²) >= 11 is 5.91. The van der Waals surface area contributed by atoms with E-state index >= 15 is 0 Å². The van der Waals surface area contributed by atoms with Gasteiger partial charge in [-0.3, -0.25) is 14.4 Å². The Morgan fingerprint density at radius 3 is 2.35 bits per heavy atom. The molecule has 0 atom stereocenters. The maximum atomic E-state index is 13.0. The van der Waals surface area contributed by atoms with Gasteiger partial charge in [-0.2, -0.15) is 13.2 Å². The van der Waals surface area contributed by atoms with Gasteiger partial charge in [0.15, 0.2) is 4.90 Å². The topological polar surface area (TPSA) is 80.5 Å². The number of hydrogen-bond acceptors (Lipinski definition) is 4. The van der Waals surface area contributed by atoms with Crippen LogP contribution < -0.4 is 4.31 Å². The predicted molar refractivity (Wildman–Crippen MR) is 89.8 cm³/mol. The highest BCUT2D eigenvalue weighted by atomic mass is 35.5. The molecule has 0 saturated carbocycles. The number of rotatable bonds is 5. The minimum Gasteiger partial charge on any atom is -0.265 e. The first kappa shape index (κ1) is 20.0. The van der Waals surface area contributed by atoms with Crippen molar-refractivity contribution < 1.29 is 26.5 Å². The summed E-state index contributed by atoms with van der Waals surface area (Å²) in [4.78, 5) is 9.60. The first-order chi connectivity index (χ1) is 12.0. The molecular weight excluding hydrogens is 397 g/mol. The Balaban J connectivity index is 2.68. The van der Waals surface area contributed by atoms with Crippen LogP contribution in [0.15, 0.2) is 47.4 Å². The van der Waals surface area contributed by atoms with Crippen LogP contribution in [-0.4, -0.2) is 19.9 Å². The molecule has 0 spiro atoms. The molecular formula is C15H12ClF3N2O4S. The summed E-state index contributed by atoms with van der Waals surface area (Å²) in [5.41, 5.74) is -2.19. The van der Waals surface area contributed by atoms with Crippen molar-refractivity contribution in [2.24, 2.45) is 0 Å². The van der Waals surface area contributed by atoms with Crippen LogP contribution in [0.4, 0.5) is 24.5 Å². The molecule has 140 valence electrons. The zero-order valence-electron chi connectivity index (χ0n) is 13.2. The van der Waals surface area contributed by atoms with Crippen LogP contribution in [-0.2, 0) is 16.2 Å². The second-order valence-electron chi connectivity index (χ2n) is 5.06. The van der Waals surface area contributed by atoms with Crippen molar-refractivity contribution in [3.05, 3.63) is 63.2 Å². The molecule has 6 nitrogen and oxygen atoms in total. The van der Waals surface area contributed by atoms with E-state index < -0.39 is 43.0 Å². The molecule has 2 aromatic carbocycles. The molecule has 0 aliphatic rings.